The summed E-state index contributed by atoms with van der Waals surface area (Å²) in [7, 11) is 0. The van der Waals surface area contributed by atoms with Crippen LogP contribution in [0.3, 0.4) is 0 Å². The van der Waals surface area contributed by atoms with Gasteiger partial charge in [-0.3, -0.25) is 4.40 Å². The maximum Gasteiger partial charge on any atom is 0.137 e. The third kappa shape index (κ3) is 2.17. The maximum absolute atomic E-state index is 5.67. The van der Waals surface area contributed by atoms with E-state index in [1.54, 1.807) is 0 Å². The van der Waals surface area contributed by atoms with Crippen LogP contribution in [-0.2, 0) is 6.54 Å². The van der Waals surface area contributed by atoms with Crippen molar-refractivity contribution in [2.75, 3.05) is 0 Å². The molecule has 96 valence electrons. The predicted molar refractivity (Wildman–Crippen MR) is 81.0 cm³/mol. The molecule has 3 rings (SSSR count). The summed E-state index contributed by atoms with van der Waals surface area (Å²) in [5, 5.41) is 0. The van der Waals surface area contributed by atoms with E-state index >= 15 is 0 Å². The molecule has 0 aliphatic rings. The minimum Gasteiger partial charge on any atom is -0.326 e. The number of nitrogens with two attached hydrogens (primary N) is 1. The van der Waals surface area contributed by atoms with Gasteiger partial charge in [0.1, 0.15) is 5.65 Å². The van der Waals surface area contributed by atoms with Crippen molar-refractivity contribution in [3.8, 4) is 11.3 Å². The number of halogens is 1. The standard InChI is InChI=1S/C15H14BrN3/c1-10-15(12-2-4-13(16)5-3-12)19-7-6-11(9-17)8-14(19)18-10/h2-8H,9,17H2,1H3. The summed E-state index contributed by atoms with van der Waals surface area (Å²) in [6, 6.07) is 12.4. The molecule has 0 spiro atoms. The third-order valence-corrected chi connectivity index (χ3v) is 3.75. The van der Waals surface area contributed by atoms with Crippen LogP contribution in [0, 0.1) is 6.92 Å². The number of nitrogens with zero attached hydrogens (tertiary/aromatic N) is 2. The van der Waals surface area contributed by atoms with Gasteiger partial charge in [-0.2, -0.15) is 0 Å². The number of fused-ring (bicyclic) bond motifs is 1. The number of hydrogen-bond acceptors (Lipinski definition) is 2. The van der Waals surface area contributed by atoms with Crippen LogP contribution >= 0.6 is 15.9 Å². The molecule has 19 heavy (non-hydrogen) atoms. The zero-order chi connectivity index (χ0) is 13.4. The summed E-state index contributed by atoms with van der Waals surface area (Å²) in [5.41, 5.74) is 11.0. The molecule has 2 N–H and O–H groups in total. The number of pyridine rings is 1. The van der Waals surface area contributed by atoms with E-state index < -0.39 is 0 Å². The lowest BCUT2D eigenvalue weighted by Gasteiger charge is -2.04. The van der Waals surface area contributed by atoms with E-state index in [2.05, 4.69) is 37.4 Å². The second-order valence-electron chi connectivity index (χ2n) is 4.52. The fraction of sp³-hybridized carbons (Fsp3) is 0.133. The summed E-state index contributed by atoms with van der Waals surface area (Å²) in [5.74, 6) is 0. The summed E-state index contributed by atoms with van der Waals surface area (Å²) in [6.07, 6.45) is 2.04. The molecule has 0 saturated carbocycles. The molecule has 0 atom stereocenters. The molecule has 0 fully saturated rings. The van der Waals surface area contributed by atoms with Gasteiger partial charge in [-0.05, 0) is 36.8 Å². The van der Waals surface area contributed by atoms with Crippen molar-refractivity contribution in [1.82, 2.24) is 9.38 Å². The van der Waals surface area contributed by atoms with Crippen molar-refractivity contribution in [2.45, 2.75) is 13.5 Å². The third-order valence-electron chi connectivity index (χ3n) is 3.22. The highest BCUT2D eigenvalue weighted by Gasteiger charge is 2.10. The molecule has 3 aromatic rings. The smallest absolute Gasteiger partial charge is 0.137 e. The van der Waals surface area contributed by atoms with Gasteiger partial charge in [0.05, 0.1) is 11.4 Å². The van der Waals surface area contributed by atoms with Crippen molar-refractivity contribution in [3.63, 3.8) is 0 Å². The summed E-state index contributed by atoms with van der Waals surface area (Å²) in [6.45, 7) is 2.57. The van der Waals surface area contributed by atoms with E-state index in [1.165, 1.54) is 0 Å². The Hall–Kier alpha value is -1.65. The number of aromatic nitrogens is 2. The molecule has 0 unspecified atom stereocenters. The Kier molecular flexibility index (Phi) is 3.12. The Balaban J connectivity index is 2.23. The largest absolute Gasteiger partial charge is 0.326 e. The van der Waals surface area contributed by atoms with Gasteiger partial charge in [0, 0.05) is 22.8 Å². The molecule has 0 radical (unpaired) electrons. The van der Waals surface area contributed by atoms with Gasteiger partial charge in [-0.1, -0.05) is 28.1 Å². The van der Waals surface area contributed by atoms with Gasteiger partial charge in [-0.15, -0.1) is 0 Å². The van der Waals surface area contributed by atoms with Crippen LogP contribution in [0.4, 0.5) is 0 Å². The van der Waals surface area contributed by atoms with Crippen molar-refractivity contribution < 1.29 is 0 Å². The van der Waals surface area contributed by atoms with Crippen molar-refractivity contribution in [3.05, 3.63) is 58.3 Å². The van der Waals surface area contributed by atoms with E-state index in [0.717, 1.165) is 32.6 Å². The first kappa shape index (κ1) is 12.4. The van der Waals surface area contributed by atoms with Gasteiger partial charge in [-0.25, -0.2) is 4.98 Å². The SMILES string of the molecule is Cc1nc2cc(CN)ccn2c1-c1ccc(Br)cc1. The average molecular weight is 316 g/mol. The summed E-state index contributed by atoms with van der Waals surface area (Å²) in [4.78, 5) is 4.62. The van der Waals surface area contributed by atoms with Crippen LogP contribution in [0.2, 0.25) is 0 Å². The normalized spacial score (nSPS) is 11.1. The van der Waals surface area contributed by atoms with Gasteiger partial charge >= 0.3 is 0 Å². The number of imidazole rings is 1. The first-order valence-corrected chi connectivity index (χ1v) is 6.92. The molecule has 0 saturated heterocycles. The zero-order valence-corrected chi connectivity index (χ0v) is 12.2. The molecule has 4 heteroatoms. The Morgan fingerprint density at radius 2 is 1.95 bits per heavy atom. The molecule has 1 aromatic carbocycles. The molecular weight excluding hydrogens is 302 g/mol. The van der Waals surface area contributed by atoms with Crippen LogP contribution < -0.4 is 5.73 Å². The quantitative estimate of drug-likeness (QED) is 0.786. The van der Waals surface area contributed by atoms with Crippen molar-refractivity contribution in [1.29, 1.82) is 0 Å². The van der Waals surface area contributed by atoms with Gasteiger partial charge in [0.2, 0.25) is 0 Å². The summed E-state index contributed by atoms with van der Waals surface area (Å²) < 4.78 is 3.19. The van der Waals surface area contributed by atoms with E-state index in [0.29, 0.717) is 6.54 Å². The highest BCUT2D eigenvalue weighted by molar-refractivity contribution is 9.10. The Morgan fingerprint density at radius 3 is 2.63 bits per heavy atom. The molecule has 2 heterocycles. The molecule has 3 nitrogen and oxygen atoms in total. The Bertz CT molecular complexity index is 729. The van der Waals surface area contributed by atoms with Gasteiger partial charge in [0.15, 0.2) is 0 Å². The second-order valence-corrected chi connectivity index (χ2v) is 5.44. The topological polar surface area (TPSA) is 43.3 Å². The van der Waals surface area contributed by atoms with Gasteiger partial charge in [0.25, 0.3) is 0 Å². The minimum atomic E-state index is 0.538. The van der Waals surface area contributed by atoms with Crippen LogP contribution in [0.15, 0.2) is 47.1 Å². The fourth-order valence-electron chi connectivity index (χ4n) is 2.29. The molecule has 0 aliphatic carbocycles. The van der Waals surface area contributed by atoms with E-state index in [4.69, 9.17) is 5.73 Å². The second kappa shape index (κ2) is 4.79. The molecule has 0 amide bonds. The lowest BCUT2D eigenvalue weighted by atomic mass is 10.1. The fourth-order valence-corrected chi connectivity index (χ4v) is 2.55. The Morgan fingerprint density at radius 1 is 1.21 bits per heavy atom. The lowest BCUT2D eigenvalue weighted by Crippen LogP contribution is -1.97. The first-order chi connectivity index (χ1) is 9.19. The predicted octanol–water partition coefficient (Wildman–Crippen LogP) is 3.53. The van der Waals surface area contributed by atoms with Crippen molar-refractivity contribution in [2.24, 2.45) is 5.73 Å². The molecule has 2 aromatic heterocycles. The van der Waals surface area contributed by atoms with E-state index in [-0.39, 0.29) is 0 Å². The molecule has 0 aliphatic heterocycles. The minimum absolute atomic E-state index is 0.538. The van der Waals surface area contributed by atoms with Gasteiger partial charge < -0.3 is 5.73 Å². The van der Waals surface area contributed by atoms with E-state index in [1.807, 2.05) is 37.4 Å². The van der Waals surface area contributed by atoms with E-state index in [9.17, 15) is 0 Å². The monoisotopic (exact) mass is 315 g/mol. The number of hydrogen-bond donors (Lipinski definition) is 1. The van der Waals surface area contributed by atoms with Crippen LogP contribution in [0.25, 0.3) is 16.9 Å². The summed E-state index contributed by atoms with van der Waals surface area (Å²) >= 11 is 3.46. The van der Waals surface area contributed by atoms with Crippen LogP contribution in [0.5, 0.6) is 0 Å². The van der Waals surface area contributed by atoms with Crippen LogP contribution in [-0.4, -0.2) is 9.38 Å². The number of benzene rings is 1. The lowest BCUT2D eigenvalue weighted by molar-refractivity contribution is 1.05. The maximum atomic E-state index is 5.67. The molecule has 0 bridgehead atoms. The first-order valence-electron chi connectivity index (χ1n) is 6.12. The average Bonchev–Trinajstić information content (AvgIpc) is 2.74. The highest BCUT2D eigenvalue weighted by Crippen LogP contribution is 2.26. The highest BCUT2D eigenvalue weighted by atomic mass is 79.9. The number of aryl methyl sites for hydroxylation is 1. The van der Waals surface area contributed by atoms with Crippen LogP contribution in [0.1, 0.15) is 11.3 Å². The molecular formula is C15H14BrN3. The van der Waals surface area contributed by atoms with Crippen molar-refractivity contribution >= 4 is 21.6 Å². The Labute approximate surface area is 120 Å². The number of rotatable bonds is 2. The zero-order valence-electron chi connectivity index (χ0n) is 10.6.